The summed E-state index contributed by atoms with van der Waals surface area (Å²) in [5.41, 5.74) is -0.191. The number of likely N-dealkylation sites (tertiary alicyclic amines) is 1. The minimum Gasteiger partial charge on any atom is -0.437 e. The molecule has 2 aliphatic rings. The van der Waals surface area contributed by atoms with Gasteiger partial charge in [-0.25, -0.2) is 0 Å². The van der Waals surface area contributed by atoms with Crippen molar-refractivity contribution in [3.63, 3.8) is 0 Å². The first-order chi connectivity index (χ1) is 8.08. The highest BCUT2D eigenvalue weighted by Gasteiger charge is 2.45. The number of fused-ring (bicyclic) bond motifs is 1. The van der Waals surface area contributed by atoms with Crippen LogP contribution in [0.1, 0.15) is 12.8 Å². The van der Waals surface area contributed by atoms with Crippen molar-refractivity contribution in [3.8, 4) is 6.01 Å². The molecule has 3 rings (SSSR count). The predicted octanol–water partition coefficient (Wildman–Crippen LogP) is 0.648. The van der Waals surface area contributed by atoms with Crippen LogP contribution in [-0.2, 0) is 6.54 Å². The van der Waals surface area contributed by atoms with E-state index in [2.05, 4.69) is 16.9 Å². The SMILES string of the molecule is CN1CCC2(CC1)Cn1cc([N+](=O)[O-])nc1O2. The summed E-state index contributed by atoms with van der Waals surface area (Å²) in [5, 5.41) is 10.6. The van der Waals surface area contributed by atoms with E-state index in [1.807, 2.05) is 0 Å². The Kier molecular flexibility index (Phi) is 2.12. The number of nitro groups is 1. The van der Waals surface area contributed by atoms with Gasteiger partial charge in [0.05, 0.1) is 6.54 Å². The second-order valence-electron chi connectivity index (χ2n) is 4.86. The van der Waals surface area contributed by atoms with Crippen LogP contribution in [-0.4, -0.2) is 45.1 Å². The summed E-state index contributed by atoms with van der Waals surface area (Å²) in [6.07, 6.45) is 3.35. The summed E-state index contributed by atoms with van der Waals surface area (Å²) in [5.74, 6) is -0.136. The van der Waals surface area contributed by atoms with Crippen molar-refractivity contribution >= 4 is 5.82 Å². The van der Waals surface area contributed by atoms with Crippen LogP contribution >= 0.6 is 0 Å². The van der Waals surface area contributed by atoms with Crippen LogP contribution in [0.5, 0.6) is 6.01 Å². The highest BCUT2D eigenvalue weighted by molar-refractivity contribution is 5.24. The van der Waals surface area contributed by atoms with Gasteiger partial charge in [0.15, 0.2) is 0 Å². The molecule has 0 radical (unpaired) electrons. The van der Waals surface area contributed by atoms with Gasteiger partial charge in [0, 0.05) is 30.9 Å². The van der Waals surface area contributed by atoms with Gasteiger partial charge >= 0.3 is 11.8 Å². The molecule has 7 nitrogen and oxygen atoms in total. The summed E-state index contributed by atoms with van der Waals surface area (Å²) >= 11 is 0. The summed E-state index contributed by atoms with van der Waals surface area (Å²) < 4.78 is 7.59. The molecule has 0 amide bonds. The topological polar surface area (TPSA) is 73.4 Å². The Labute approximate surface area is 98.1 Å². The fraction of sp³-hybridized carbons (Fsp3) is 0.700. The first-order valence-corrected chi connectivity index (χ1v) is 5.67. The number of nitrogens with zero attached hydrogens (tertiary/aromatic N) is 4. The highest BCUT2D eigenvalue weighted by atomic mass is 16.6. The third-order valence-electron chi connectivity index (χ3n) is 3.58. The fourth-order valence-electron chi connectivity index (χ4n) is 2.49. The van der Waals surface area contributed by atoms with Gasteiger partial charge in [0.25, 0.3) is 0 Å². The minimum absolute atomic E-state index is 0.136. The monoisotopic (exact) mass is 238 g/mol. The van der Waals surface area contributed by atoms with Crippen molar-refractivity contribution in [3.05, 3.63) is 16.3 Å². The Morgan fingerprint density at radius 2 is 2.24 bits per heavy atom. The lowest BCUT2D eigenvalue weighted by atomic mass is 9.92. The lowest BCUT2D eigenvalue weighted by molar-refractivity contribution is -0.389. The number of ether oxygens (including phenoxy) is 1. The van der Waals surface area contributed by atoms with E-state index in [4.69, 9.17) is 4.74 Å². The van der Waals surface area contributed by atoms with E-state index < -0.39 is 4.92 Å². The summed E-state index contributed by atoms with van der Waals surface area (Å²) in [6, 6.07) is 0.390. The number of imidazole rings is 1. The molecule has 2 aliphatic heterocycles. The quantitative estimate of drug-likeness (QED) is 0.530. The van der Waals surface area contributed by atoms with Gasteiger partial charge in [0.1, 0.15) is 11.8 Å². The molecule has 17 heavy (non-hydrogen) atoms. The van der Waals surface area contributed by atoms with E-state index >= 15 is 0 Å². The zero-order chi connectivity index (χ0) is 12.0. The average Bonchev–Trinajstić information content (AvgIpc) is 2.78. The molecule has 0 unspecified atom stereocenters. The van der Waals surface area contributed by atoms with Crippen LogP contribution in [0.3, 0.4) is 0 Å². The summed E-state index contributed by atoms with van der Waals surface area (Å²) in [7, 11) is 2.09. The number of rotatable bonds is 1. The Morgan fingerprint density at radius 3 is 2.82 bits per heavy atom. The van der Waals surface area contributed by atoms with Crippen molar-refractivity contribution in [2.75, 3.05) is 20.1 Å². The number of hydrogen-bond acceptors (Lipinski definition) is 5. The van der Waals surface area contributed by atoms with E-state index in [9.17, 15) is 10.1 Å². The largest absolute Gasteiger partial charge is 0.437 e. The number of piperidine rings is 1. The zero-order valence-electron chi connectivity index (χ0n) is 9.63. The van der Waals surface area contributed by atoms with Gasteiger partial charge < -0.3 is 19.8 Å². The molecule has 3 heterocycles. The average molecular weight is 238 g/mol. The summed E-state index contributed by atoms with van der Waals surface area (Å²) in [4.78, 5) is 16.2. The second kappa shape index (κ2) is 3.43. The van der Waals surface area contributed by atoms with E-state index in [1.54, 1.807) is 4.57 Å². The maximum Gasteiger partial charge on any atom is 0.415 e. The standard InChI is InChI=1S/C10H14N4O3/c1-12-4-2-10(3-5-12)7-13-6-8(14(15)16)11-9(13)17-10/h6H,2-5,7H2,1H3. The Balaban J connectivity index is 1.79. The molecular formula is C10H14N4O3. The van der Waals surface area contributed by atoms with Gasteiger partial charge in [-0.1, -0.05) is 0 Å². The van der Waals surface area contributed by atoms with E-state index in [0.717, 1.165) is 25.9 Å². The van der Waals surface area contributed by atoms with Crippen LogP contribution in [0.25, 0.3) is 0 Å². The summed E-state index contributed by atoms with van der Waals surface area (Å²) in [6.45, 7) is 2.66. The lowest BCUT2D eigenvalue weighted by Gasteiger charge is -2.35. The molecule has 1 aromatic heterocycles. The Bertz CT molecular complexity index is 437. The van der Waals surface area contributed by atoms with Crippen LogP contribution in [0.2, 0.25) is 0 Å². The lowest BCUT2D eigenvalue weighted by Crippen LogP contribution is -2.46. The van der Waals surface area contributed by atoms with Gasteiger partial charge in [0.2, 0.25) is 0 Å². The molecule has 1 fully saturated rings. The maximum atomic E-state index is 10.6. The highest BCUT2D eigenvalue weighted by Crippen LogP contribution is 2.37. The third kappa shape index (κ3) is 1.66. The van der Waals surface area contributed by atoms with Gasteiger partial charge in [-0.3, -0.25) is 4.57 Å². The van der Waals surface area contributed by atoms with Gasteiger partial charge in [-0.15, -0.1) is 0 Å². The Morgan fingerprint density at radius 1 is 1.53 bits per heavy atom. The van der Waals surface area contributed by atoms with Crippen LogP contribution in [0, 0.1) is 10.1 Å². The number of hydrogen-bond donors (Lipinski definition) is 0. The van der Waals surface area contributed by atoms with E-state index in [1.165, 1.54) is 6.20 Å². The molecule has 0 bridgehead atoms. The minimum atomic E-state index is -0.490. The van der Waals surface area contributed by atoms with Gasteiger partial charge in [-0.2, -0.15) is 0 Å². The third-order valence-corrected chi connectivity index (χ3v) is 3.58. The van der Waals surface area contributed by atoms with Crippen molar-refractivity contribution in [2.24, 2.45) is 0 Å². The van der Waals surface area contributed by atoms with Crippen LogP contribution in [0.15, 0.2) is 6.20 Å². The molecule has 1 spiro atoms. The van der Waals surface area contributed by atoms with Crippen molar-refractivity contribution in [2.45, 2.75) is 25.0 Å². The Hall–Kier alpha value is -1.63. The number of aromatic nitrogens is 2. The fourth-order valence-corrected chi connectivity index (χ4v) is 2.49. The first-order valence-electron chi connectivity index (χ1n) is 5.67. The molecule has 1 aromatic rings. The van der Waals surface area contributed by atoms with Crippen molar-refractivity contribution < 1.29 is 9.66 Å². The molecule has 0 aliphatic carbocycles. The zero-order valence-corrected chi connectivity index (χ0v) is 9.63. The van der Waals surface area contributed by atoms with Gasteiger partial charge in [-0.05, 0) is 12.0 Å². The smallest absolute Gasteiger partial charge is 0.415 e. The van der Waals surface area contributed by atoms with Crippen molar-refractivity contribution in [1.82, 2.24) is 14.5 Å². The molecule has 0 aromatic carbocycles. The van der Waals surface area contributed by atoms with Crippen molar-refractivity contribution in [1.29, 1.82) is 0 Å². The maximum absolute atomic E-state index is 10.6. The van der Waals surface area contributed by atoms with E-state index in [0.29, 0.717) is 12.6 Å². The molecular weight excluding hydrogens is 224 g/mol. The second-order valence-corrected chi connectivity index (χ2v) is 4.86. The first kappa shape index (κ1) is 10.5. The molecule has 1 saturated heterocycles. The molecule has 0 N–H and O–H groups in total. The molecule has 0 saturated carbocycles. The van der Waals surface area contributed by atoms with Crippen LogP contribution < -0.4 is 4.74 Å². The van der Waals surface area contributed by atoms with Crippen LogP contribution in [0.4, 0.5) is 5.82 Å². The molecule has 7 heteroatoms. The van der Waals surface area contributed by atoms with E-state index in [-0.39, 0.29) is 11.4 Å². The predicted molar refractivity (Wildman–Crippen MR) is 59.0 cm³/mol. The molecule has 92 valence electrons. The normalized spacial score (nSPS) is 22.4. The molecule has 0 atom stereocenters.